The van der Waals surface area contributed by atoms with Crippen molar-refractivity contribution >= 4 is 28.3 Å². The fourth-order valence-corrected chi connectivity index (χ4v) is 3.33. The Bertz CT molecular complexity index is 789. The summed E-state index contributed by atoms with van der Waals surface area (Å²) in [6.45, 7) is 3.07. The lowest BCUT2D eigenvalue weighted by molar-refractivity contribution is 0.0697. The minimum atomic E-state index is -0.875. The predicted octanol–water partition coefficient (Wildman–Crippen LogP) is 3.80. The van der Waals surface area contributed by atoms with E-state index in [0.717, 1.165) is 34.7 Å². The first-order chi connectivity index (χ1) is 10.2. The van der Waals surface area contributed by atoms with Crippen LogP contribution in [0.2, 0.25) is 0 Å². The lowest BCUT2D eigenvalue weighted by atomic mass is 10.2. The predicted molar refractivity (Wildman–Crippen MR) is 84.1 cm³/mol. The topological polar surface area (TPSA) is 55.1 Å². The standard InChI is InChI=1S/C16H16N2O2S/c1-2-7-18-14-6-4-3-5-13(14)17-15(18)9-12-8-11(10-21-12)16(19)20/h3-6,8,10H,2,7,9H2,1H3,(H,19,20). The van der Waals surface area contributed by atoms with Crippen LogP contribution in [0.4, 0.5) is 0 Å². The molecule has 0 saturated heterocycles. The maximum atomic E-state index is 11.0. The number of thiophene rings is 1. The van der Waals surface area contributed by atoms with Crippen LogP contribution in [0, 0.1) is 0 Å². The van der Waals surface area contributed by atoms with Crippen LogP contribution in [-0.2, 0) is 13.0 Å². The molecule has 1 aromatic carbocycles. The highest BCUT2D eigenvalue weighted by Crippen LogP contribution is 2.22. The van der Waals surface area contributed by atoms with Crippen molar-refractivity contribution in [3.8, 4) is 0 Å². The average Bonchev–Trinajstić information content (AvgIpc) is 3.06. The summed E-state index contributed by atoms with van der Waals surface area (Å²) in [5, 5.41) is 10.7. The van der Waals surface area contributed by atoms with Gasteiger partial charge in [0.1, 0.15) is 5.82 Å². The second kappa shape index (κ2) is 5.69. The van der Waals surface area contributed by atoms with Gasteiger partial charge >= 0.3 is 5.97 Å². The Kier molecular flexibility index (Phi) is 3.75. The number of fused-ring (bicyclic) bond motifs is 1. The third-order valence-electron chi connectivity index (χ3n) is 3.41. The van der Waals surface area contributed by atoms with Gasteiger partial charge in [0, 0.05) is 23.2 Å². The molecule has 0 amide bonds. The number of aromatic nitrogens is 2. The molecule has 5 heteroatoms. The summed E-state index contributed by atoms with van der Waals surface area (Å²) >= 11 is 1.48. The molecule has 2 heterocycles. The van der Waals surface area contributed by atoms with Crippen LogP contribution in [0.15, 0.2) is 35.7 Å². The Balaban J connectivity index is 1.98. The average molecular weight is 300 g/mol. The van der Waals surface area contributed by atoms with Gasteiger partial charge in [0.05, 0.1) is 16.6 Å². The van der Waals surface area contributed by atoms with Crippen LogP contribution < -0.4 is 0 Å². The molecular weight excluding hydrogens is 284 g/mol. The lowest BCUT2D eigenvalue weighted by Crippen LogP contribution is -2.03. The highest BCUT2D eigenvalue weighted by Gasteiger charge is 2.13. The van der Waals surface area contributed by atoms with E-state index in [1.54, 1.807) is 11.4 Å². The molecule has 0 radical (unpaired) electrons. The molecular formula is C16H16N2O2S. The first-order valence-corrected chi connectivity index (χ1v) is 7.82. The van der Waals surface area contributed by atoms with Crippen molar-refractivity contribution in [1.82, 2.24) is 9.55 Å². The smallest absolute Gasteiger partial charge is 0.336 e. The second-order valence-corrected chi connectivity index (χ2v) is 5.95. The molecule has 0 bridgehead atoms. The van der Waals surface area contributed by atoms with Crippen molar-refractivity contribution < 1.29 is 9.90 Å². The summed E-state index contributed by atoms with van der Waals surface area (Å²) in [5.41, 5.74) is 2.49. The number of carbonyl (C=O) groups is 1. The monoisotopic (exact) mass is 300 g/mol. The van der Waals surface area contributed by atoms with E-state index in [9.17, 15) is 4.79 Å². The van der Waals surface area contributed by atoms with E-state index in [2.05, 4.69) is 17.6 Å². The molecule has 0 fully saturated rings. The molecule has 3 aromatic rings. The Morgan fingerprint density at radius 1 is 1.38 bits per heavy atom. The molecule has 0 saturated carbocycles. The number of rotatable bonds is 5. The first-order valence-electron chi connectivity index (χ1n) is 6.94. The number of hydrogen-bond acceptors (Lipinski definition) is 3. The zero-order chi connectivity index (χ0) is 14.8. The van der Waals surface area contributed by atoms with Crippen molar-refractivity contribution in [3.63, 3.8) is 0 Å². The van der Waals surface area contributed by atoms with Gasteiger partial charge in [-0.2, -0.15) is 0 Å². The van der Waals surface area contributed by atoms with Crippen LogP contribution in [-0.4, -0.2) is 20.6 Å². The minimum Gasteiger partial charge on any atom is -0.478 e. The van der Waals surface area contributed by atoms with Gasteiger partial charge in [0.25, 0.3) is 0 Å². The summed E-state index contributed by atoms with van der Waals surface area (Å²) in [5.74, 6) is 0.122. The van der Waals surface area contributed by atoms with Crippen molar-refractivity contribution in [1.29, 1.82) is 0 Å². The number of nitrogens with zero attached hydrogens (tertiary/aromatic N) is 2. The van der Waals surface area contributed by atoms with Gasteiger partial charge in [0.2, 0.25) is 0 Å². The maximum Gasteiger partial charge on any atom is 0.336 e. The van der Waals surface area contributed by atoms with E-state index in [1.807, 2.05) is 18.2 Å². The van der Waals surface area contributed by atoms with Gasteiger partial charge in [-0.05, 0) is 24.6 Å². The molecule has 0 aliphatic heterocycles. The third-order valence-corrected chi connectivity index (χ3v) is 4.35. The summed E-state index contributed by atoms with van der Waals surface area (Å²) in [4.78, 5) is 16.7. The Morgan fingerprint density at radius 2 is 2.19 bits per heavy atom. The van der Waals surface area contributed by atoms with E-state index in [-0.39, 0.29) is 0 Å². The summed E-state index contributed by atoms with van der Waals surface area (Å²) in [6, 6.07) is 9.85. The van der Waals surface area contributed by atoms with E-state index in [4.69, 9.17) is 10.1 Å². The number of para-hydroxylation sites is 2. The van der Waals surface area contributed by atoms with E-state index < -0.39 is 5.97 Å². The van der Waals surface area contributed by atoms with Crippen LogP contribution >= 0.6 is 11.3 Å². The fraction of sp³-hybridized carbons (Fsp3) is 0.250. The Hall–Kier alpha value is -2.14. The molecule has 0 aliphatic carbocycles. The fourth-order valence-electron chi connectivity index (χ4n) is 2.47. The number of aromatic carboxylic acids is 1. The molecule has 4 nitrogen and oxygen atoms in total. The minimum absolute atomic E-state index is 0.355. The van der Waals surface area contributed by atoms with Gasteiger partial charge < -0.3 is 9.67 Å². The molecule has 3 rings (SSSR count). The number of benzene rings is 1. The normalized spacial score (nSPS) is 11.1. The molecule has 1 N–H and O–H groups in total. The lowest BCUT2D eigenvalue weighted by Gasteiger charge is -2.06. The summed E-state index contributed by atoms with van der Waals surface area (Å²) in [7, 11) is 0. The van der Waals surface area contributed by atoms with Crippen LogP contribution in [0.1, 0.15) is 34.4 Å². The van der Waals surface area contributed by atoms with E-state index >= 15 is 0 Å². The van der Waals surface area contributed by atoms with E-state index in [1.165, 1.54) is 11.3 Å². The maximum absolute atomic E-state index is 11.0. The third kappa shape index (κ3) is 2.69. The number of carboxylic acids is 1. The van der Waals surface area contributed by atoms with Crippen LogP contribution in [0.25, 0.3) is 11.0 Å². The van der Waals surface area contributed by atoms with Gasteiger partial charge in [-0.25, -0.2) is 9.78 Å². The first kappa shape index (κ1) is 13.8. The van der Waals surface area contributed by atoms with Gasteiger partial charge in [-0.1, -0.05) is 19.1 Å². The summed E-state index contributed by atoms with van der Waals surface area (Å²) in [6.07, 6.45) is 1.71. The Labute approximate surface area is 126 Å². The number of aryl methyl sites for hydroxylation is 1. The number of hydrogen-bond donors (Lipinski definition) is 1. The Morgan fingerprint density at radius 3 is 2.90 bits per heavy atom. The highest BCUT2D eigenvalue weighted by atomic mass is 32.1. The number of carboxylic acid groups (broad SMARTS) is 1. The second-order valence-electron chi connectivity index (χ2n) is 4.95. The van der Waals surface area contributed by atoms with Crippen LogP contribution in [0.3, 0.4) is 0 Å². The zero-order valence-corrected chi connectivity index (χ0v) is 12.6. The number of imidazole rings is 1. The SMILES string of the molecule is CCCn1c(Cc2cc(C(=O)O)cs2)nc2ccccc21. The van der Waals surface area contributed by atoms with Gasteiger partial charge in [-0.3, -0.25) is 0 Å². The van der Waals surface area contributed by atoms with Crippen molar-refractivity contribution in [2.75, 3.05) is 0 Å². The molecule has 2 aromatic heterocycles. The molecule has 0 atom stereocenters. The van der Waals surface area contributed by atoms with Crippen molar-refractivity contribution in [3.05, 3.63) is 52.0 Å². The summed E-state index contributed by atoms with van der Waals surface area (Å²) < 4.78 is 2.23. The van der Waals surface area contributed by atoms with Crippen molar-refractivity contribution in [2.24, 2.45) is 0 Å². The highest BCUT2D eigenvalue weighted by molar-refractivity contribution is 7.10. The molecule has 0 aliphatic rings. The quantitative estimate of drug-likeness (QED) is 0.780. The van der Waals surface area contributed by atoms with Gasteiger partial charge in [0.15, 0.2) is 0 Å². The molecule has 0 spiro atoms. The van der Waals surface area contributed by atoms with Crippen molar-refractivity contribution in [2.45, 2.75) is 26.3 Å². The zero-order valence-electron chi connectivity index (χ0n) is 11.7. The van der Waals surface area contributed by atoms with Crippen LogP contribution in [0.5, 0.6) is 0 Å². The molecule has 108 valence electrons. The molecule has 21 heavy (non-hydrogen) atoms. The van der Waals surface area contributed by atoms with Gasteiger partial charge in [-0.15, -0.1) is 11.3 Å². The van der Waals surface area contributed by atoms with E-state index in [0.29, 0.717) is 12.0 Å². The molecule has 0 unspecified atom stereocenters. The largest absolute Gasteiger partial charge is 0.478 e.